The van der Waals surface area contributed by atoms with Crippen LogP contribution in [0.15, 0.2) is 53.3 Å². The predicted octanol–water partition coefficient (Wildman–Crippen LogP) is 2.83. The lowest BCUT2D eigenvalue weighted by Crippen LogP contribution is -2.18. The summed E-state index contributed by atoms with van der Waals surface area (Å²) in [5.74, 6) is 0.416. The van der Waals surface area contributed by atoms with Gasteiger partial charge in [-0.1, -0.05) is 30.3 Å². The fourth-order valence-corrected chi connectivity index (χ4v) is 2.49. The van der Waals surface area contributed by atoms with Crippen LogP contribution in [0.5, 0.6) is 17.2 Å². The molecule has 0 atom stereocenters. The van der Waals surface area contributed by atoms with Gasteiger partial charge in [0.05, 0.1) is 12.6 Å². The van der Waals surface area contributed by atoms with E-state index in [4.69, 9.17) is 9.47 Å². The zero-order chi connectivity index (χ0) is 16.4. The largest absolute Gasteiger partial charge is 0.504 e. The molecule has 23 heavy (non-hydrogen) atoms. The number of methoxy groups -OCH3 is 1. The summed E-state index contributed by atoms with van der Waals surface area (Å²) in [6, 6.07) is 15.0. The van der Waals surface area contributed by atoms with E-state index in [1.54, 1.807) is 25.2 Å². The fourth-order valence-electron chi connectivity index (χ4n) is 2.49. The molecule has 3 aromatic rings. The van der Waals surface area contributed by atoms with Gasteiger partial charge in [0.2, 0.25) is 5.75 Å². The van der Waals surface area contributed by atoms with Crippen molar-refractivity contribution >= 4 is 10.9 Å². The van der Waals surface area contributed by atoms with E-state index in [2.05, 4.69) is 0 Å². The molecule has 118 valence electrons. The lowest BCUT2D eigenvalue weighted by atomic mass is 10.1. The number of benzene rings is 2. The van der Waals surface area contributed by atoms with Gasteiger partial charge in [0.25, 0.3) is 5.56 Å². The number of aromatic nitrogens is 1. The minimum Gasteiger partial charge on any atom is -0.504 e. The fraction of sp³-hybridized carbons (Fsp3) is 0.167. The van der Waals surface area contributed by atoms with Crippen LogP contribution in [0.1, 0.15) is 5.56 Å². The van der Waals surface area contributed by atoms with E-state index in [0.717, 1.165) is 5.56 Å². The molecule has 0 unspecified atom stereocenters. The van der Waals surface area contributed by atoms with E-state index in [9.17, 15) is 9.90 Å². The third-order valence-electron chi connectivity index (χ3n) is 3.75. The Morgan fingerprint density at radius 2 is 1.87 bits per heavy atom. The Kier molecular flexibility index (Phi) is 3.93. The number of nitrogens with zero attached hydrogens (tertiary/aromatic N) is 1. The topological polar surface area (TPSA) is 60.7 Å². The summed E-state index contributed by atoms with van der Waals surface area (Å²) in [5, 5.41) is 10.7. The minimum absolute atomic E-state index is 0.0575. The van der Waals surface area contributed by atoms with Gasteiger partial charge in [-0.05, 0) is 17.7 Å². The highest BCUT2D eigenvalue weighted by molar-refractivity contribution is 5.88. The van der Waals surface area contributed by atoms with Crippen LogP contribution in [0.4, 0.5) is 0 Å². The Morgan fingerprint density at radius 1 is 1.13 bits per heavy atom. The van der Waals surface area contributed by atoms with E-state index in [-0.39, 0.29) is 11.5 Å². The Labute approximate surface area is 133 Å². The normalized spacial score (nSPS) is 10.7. The number of aryl methyl sites for hydroxylation is 1. The third kappa shape index (κ3) is 2.73. The lowest BCUT2D eigenvalue weighted by Gasteiger charge is -2.12. The summed E-state index contributed by atoms with van der Waals surface area (Å²) < 4.78 is 12.2. The molecule has 2 aromatic carbocycles. The number of ether oxygens (including phenoxy) is 2. The molecule has 0 saturated carbocycles. The van der Waals surface area contributed by atoms with Crippen molar-refractivity contribution in [3.8, 4) is 17.2 Å². The van der Waals surface area contributed by atoms with Crippen LogP contribution < -0.4 is 15.0 Å². The van der Waals surface area contributed by atoms with Crippen molar-refractivity contribution < 1.29 is 14.6 Å². The molecule has 0 aliphatic rings. The zero-order valence-corrected chi connectivity index (χ0v) is 12.9. The molecule has 0 radical (unpaired) electrons. The van der Waals surface area contributed by atoms with Gasteiger partial charge >= 0.3 is 0 Å². The molecule has 5 nitrogen and oxygen atoms in total. The number of pyridine rings is 1. The molecular formula is C18H17NO4. The van der Waals surface area contributed by atoms with Crippen molar-refractivity contribution in [2.75, 3.05) is 7.11 Å². The van der Waals surface area contributed by atoms with Crippen LogP contribution in [-0.4, -0.2) is 16.8 Å². The monoisotopic (exact) mass is 311 g/mol. The van der Waals surface area contributed by atoms with Crippen molar-refractivity contribution in [2.24, 2.45) is 7.05 Å². The van der Waals surface area contributed by atoms with E-state index < -0.39 is 5.56 Å². The number of fused-ring (bicyclic) bond motifs is 1. The smallest absolute Gasteiger partial charge is 0.297 e. The molecule has 0 fully saturated rings. The molecule has 0 spiro atoms. The van der Waals surface area contributed by atoms with Gasteiger partial charge in [-0.25, -0.2) is 0 Å². The zero-order valence-electron chi connectivity index (χ0n) is 12.9. The molecule has 1 N–H and O–H groups in total. The first-order valence-corrected chi connectivity index (χ1v) is 7.18. The molecule has 0 saturated heterocycles. The van der Waals surface area contributed by atoms with Crippen molar-refractivity contribution in [2.45, 2.75) is 6.61 Å². The highest BCUT2D eigenvalue weighted by Gasteiger charge is 2.15. The van der Waals surface area contributed by atoms with Gasteiger partial charge in [-0.15, -0.1) is 0 Å². The van der Waals surface area contributed by atoms with E-state index >= 15 is 0 Å². The summed E-state index contributed by atoms with van der Waals surface area (Å²) in [6.07, 6.45) is 0. The maximum absolute atomic E-state index is 12.2. The summed E-state index contributed by atoms with van der Waals surface area (Å²) in [6.45, 7) is 0.433. The lowest BCUT2D eigenvalue weighted by molar-refractivity contribution is 0.306. The summed E-state index contributed by atoms with van der Waals surface area (Å²) >= 11 is 0. The molecule has 0 bridgehead atoms. The number of aromatic hydroxyl groups is 1. The first-order chi connectivity index (χ1) is 11.1. The van der Waals surface area contributed by atoms with E-state index in [0.29, 0.717) is 23.3 Å². The highest BCUT2D eigenvalue weighted by Crippen LogP contribution is 2.32. The maximum atomic E-state index is 12.2. The Balaban J connectivity index is 1.99. The molecular weight excluding hydrogens is 294 g/mol. The highest BCUT2D eigenvalue weighted by atomic mass is 16.5. The molecule has 0 aliphatic carbocycles. The van der Waals surface area contributed by atoms with E-state index in [1.807, 2.05) is 30.3 Å². The number of rotatable bonds is 4. The van der Waals surface area contributed by atoms with Gasteiger partial charge < -0.3 is 19.1 Å². The molecule has 1 heterocycles. The number of hydrogen-bond donors (Lipinski definition) is 1. The first kappa shape index (κ1) is 15.0. The Bertz CT molecular complexity index is 900. The summed E-state index contributed by atoms with van der Waals surface area (Å²) in [7, 11) is 2.99. The Hall–Kier alpha value is -2.95. The average molecular weight is 311 g/mol. The van der Waals surface area contributed by atoms with Crippen molar-refractivity contribution in [1.82, 2.24) is 4.57 Å². The number of hydrogen-bond acceptors (Lipinski definition) is 4. The average Bonchev–Trinajstić information content (AvgIpc) is 2.59. The second-order valence-corrected chi connectivity index (χ2v) is 5.20. The Morgan fingerprint density at radius 3 is 2.57 bits per heavy atom. The maximum Gasteiger partial charge on any atom is 0.297 e. The predicted molar refractivity (Wildman–Crippen MR) is 88.2 cm³/mol. The second-order valence-electron chi connectivity index (χ2n) is 5.20. The third-order valence-corrected chi connectivity index (χ3v) is 3.75. The van der Waals surface area contributed by atoms with Crippen molar-refractivity contribution in [1.29, 1.82) is 0 Å². The van der Waals surface area contributed by atoms with Gasteiger partial charge in [-0.3, -0.25) is 4.79 Å². The van der Waals surface area contributed by atoms with Gasteiger partial charge in [-0.2, -0.15) is 0 Å². The molecule has 0 amide bonds. The quantitative estimate of drug-likeness (QED) is 0.805. The van der Waals surface area contributed by atoms with Crippen molar-refractivity contribution in [3.63, 3.8) is 0 Å². The van der Waals surface area contributed by atoms with Gasteiger partial charge in [0, 0.05) is 18.5 Å². The second kappa shape index (κ2) is 6.04. The molecule has 0 aliphatic heterocycles. The molecule has 1 aromatic heterocycles. The van der Waals surface area contributed by atoms with Crippen LogP contribution in [0, 0.1) is 0 Å². The molecule has 5 heteroatoms. The van der Waals surface area contributed by atoms with Crippen LogP contribution in [0.25, 0.3) is 10.9 Å². The van der Waals surface area contributed by atoms with Gasteiger partial charge in [0.15, 0.2) is 5.75 Å². The van der Waals surface area contributed by atoms with Crippen LogP contribution in [0.3, 0.4) is 0 Å². The first-order valence-electron chi connectivity index (χ1n) is 7.18. The van der Waals surface area contributed by atoms with E-state index in [1.165, 1.54) is 11.7 Å². The SMILES string of the molecule is COc1c(O)c2ccc(OCc3ccccc3)cc2n(C)c1=O. The summed E-state index contributed by atoms with van der Waals surface area (Å²) in [4.78, 5) is 12.2. The van der Waals surface area contributed by atoms with Crippen LogP contribution in [0.2, 0.25) is 0 Å². The van der Waals surface area contributed by atoms with Crippen molar-refractivity contribution in [3.05, 3.63) is 64.4 Å². The van der Waals surface area contributed by atoms with Gasteiger partial charge in [0.1, 0.15) is 12.4 Å². The van der Waals surface area contributed by atoms with Crippen LogP contribution in [-0.2, 0) is 13.7 Å². The minimum atomic E-state index is -0.391. The summed E-state index contributed by atoms with van der Waals surface area (Å²) in [5.41, 5.74) is 1.25. The standard InChI is InChI=1S/C18H17NO4/c1-19-15-10-13(23-11-12-6-4-3-5-7-12)8-9-14(15)16(20)17(22-2)18(19)21/h3-10,20H,11H2,1-2H3. The van der Waals surface area contributed by atoms with Crippen LogP contribution >= 0.6 is 0 Å². The molecule has 3 rings (SSSR count).